The van der Waals surface area contributed by atoms with Gasteiger partial charge < -0.3 is 14.8 Å². The molecule has 5 heterocycles. The van der Waals surface area contributed by atoms with Gasteiger partial charge in [-0.2, -0.15) is 0 Å². The molecule has 1 fully saturated rings. The zero-order chi connectivity index (χ0) is 25.0. The smallest absolute Gasteiger partial charge is 0.260 e. The Morgan fingerprint density at radius 3 is 2.75 bits per heavy atom. The lowest BCUT2D eigenvalue weighted by Crippen LogP contribution is -2.30. The summed E-state index contributed by atoms with van der Waals surface area (Å²) in [6.07, 6.45) is 6.81. The van der Waals surface area contributed by atoms with Crippen LogP contribution in [0.4, 0.5) is 11.6 Å². The van der Waals surface area contributed by atoms with Crippen LogP contribution in [0.2, 0.25) is 0 Å². The van der Waals surface area contributed by atoms with Gasteiger partial charge in [-0.05, 0) is 58.4 Å². The molecule has 1 saturated carbocycles. The highest BCUT2D eigenvalue weighted by Gasteiger charge is 2.36. The van der Waals surface area contributed by atoms with Gasteiger partial charge in [-0.3, -0.25) is 9.69 Å². The zero-order valence-corrected chi connectivity index (χ0v) is 21.6. The number of aromatic nitrogens is 5. The molecule has 36 heavy (non-hydrogen) atoms. The van der Waals surface area contributed by atoms with Crippen LogP contribution in [0.25, 0.3) is 11.5 Å². The molecule has 1 amide bonds. The van der Waals surface area contributed by atoms with E-state index in [0.29, 0.717) is 24.9 Å². The monoisotopic (exact) mass is 486 g/mol. The molecule has 3 aromatic rings. The molecule has 3 aromatic heterocycles. The van der Waals surface area contributed by atoms with E-state index in [1.807, 2.05) is 31.3 Å². The highest BCUT2D eigenvalue weighted by atomic mass is 16.2. The number of rotatable bonds is 6. The van der Waals surface area contributed by atoms with Gasteiger partial charge >= 0.3 is 0 Å². The van der Waals surface area contributed by atoms with Crippen LogP contribution >= 0.6 is 0 Å². The second-order valence-electron chi connectivity index (χ2n) is 10.9. The van der Waals surface area contributed by atoms with Crippen molar-refractivity contribution in [1.29, 1.82) is 0 Å². The van der Waals surface area contributed by atoms with E-state index in [1.165, 1.54) is 25.7 Å². The predicted molar refractivity (Wildman–Crippen MR) is 139 cm³/mol. The summed E-state index contributed by atoms with van der Waals surface area (Å²) in [7, 11) is 4.02. The van der Waals surface area contributed by atoms with Crippen molar-refractivity contribution in [2.24, 2.45) is 0 Å². The molecule has 0 bridgehead atoms. The van der Waals surface area contributed by atoms with Crippen LogP contribution in [0.1, 0.15) is 73.4 Å². The lowest BCUT2D eigenvalue weighted by molar-refractivity contribution is 0.0996. The summed E-state index contributed by atoms with van der Waals surface area (Å²) in [6.45, 7) is 5.49. The summed E-state index contributed by atoms with van der Waals surface area (Å²) in [5, 5.41) is 12.1. The Morgan fingerprint density at radius 2 is 1.97 bits per heavy atom. The Morgan fingerprint density at radius 1 is 1.17 bits per heavy atom. The molecule has 1 aliphatic carbocycles. The van der Waals surface area contributed by atoms with Crippen LogP contribution in [-0.2, 0) is 25.0 Å². The number of carbonyl (C=O) groups excluding carboxylic acids is 1. The molecule has 0 spiro atoms. The van der Waals surface area contributed by atoms with Gasteiger partial charge in [0.2, 0.25) is 0 Å². The number of amides is 1. The number of pyridine rings is 2. The van der Waals surface area contributed by atoms with E-state index in [-0.39, 0.29) is 11.4 Å². The molecule has 0 saturated heterocycles. The third kappa shape index (κ3) is 3.68. The number of nitrogens with one attached hydrogen (secondary N) is 1. The van der Waals surface area contributed by atoms with Gasteiger partial charge in [-0.1, -0.05) is 18.9 Å². The summed E-state index contributed by atoms with van der Waals surface area (Å²) >= 11 is 0. The highest BCUT2D eigenvalue weighted by molar-refractivity contribution is 6.10. The Labute approximate surface area is 211 Å². The van der Waals surface area contributed by atoms with Gasteiger partial charge in [0.1, 0.15) is 23.2 Å². The number of nitrogens with zero attached hydrogens (tertiary/aromatic N) is 7. The lowest BCUT2D eigenvalue weighted by atomic mass is 10.0. The number of anilines is 2. The largest absolute Gasteiger partial charge is 0.357 e. The Balaban J connectivity index is 1.35. The fourth-order valence-corrected chi connectivity index (χ4v) is 6.02. The van der Waals surface area contributed by atoms with Crippen molar-refractivity contribution in [2.45, 2.75) is 77.0 Å². The van der Waals surface area contributed by atoms with Crippen molar-refractivity contribution in [2.75, 3.05) is 23.9 Å². The zero-order valence-electron chi connectivity index (χ0n) is 21.6. The molecule has 0 radical (unpaired) electrons. The van der Waals surface area contributed by atoms with E-state index >= 15 is 0 Å². The minimum Gasteiger partial charge on any atom is -0.357 e. The maximum atomic E-state index is 13.7. The fraction of sp³-hybridized carbons (Fsp3) is 0.519. The maximum Gasteiger partial charge on any atom is 0.260 e. The van der Waals surface area contributed by atoms with Crippen molar-refractivity contribution in [1.82, 2.24) is 30.0 Å². The second kappa shape index (κ2) is 8.65. The van der Waals surface area contributed by atoms with Crippen molar-refractivity contribution in [3.05, 3.63) is 46.9 Å². The minimum atomic E-state index is -0.0545. The van der Waals surface area contributed by atoms with Gasteiger partial charge in [-0.25, -0.2) is 9.97 Å². The molecular weight excluding hydrogens is 452 g/mol. The fourth-order valence-electron chi connectivity index (χ4n) is 6.02. The minimum absolute atomic E-state index is 0.0257. The summed E-state index contributed by atoms with van der Waals surface area (Å²) in [4.78, 5) is 27.6. The Hall–Kier alpha value is -3.33. The van der Waals surface area contributed by atoms with E-state index in [2.05, 4.69) is 45.9 Å². The molecule has 2 aliphatic heterocycles. The van der Waals surface area contributed by atoms with Crippen LogP contribution in [-0.4, -0.2) is 50.8 Å². The molecular formula is C27H34N8O. The summed E-state index contributed by atoms with van der Waals surface area (Å²) in [5.41, 5.74) is 3.32. The van der Waals surface area contributed by atoms with Crippen LogP contribution in [0, 0.1) is 0 Å². The number of hydrogen-bond acceptors (Lipinski definition) is 7. The molecule has 9 nitrogen and oxygen atoms in total. The quantitative estimate of drug-likeness (QED) is 0.568. The van der Waals surface area contributed by atoms with Crippen LogP contribution in [0.3, 0.4) is 0 Å². The molecule has 1 N–H and O–H groups in total. The Bertz CT molecular complexity index is 1320. The summed E-state index contributed by atoms with van der Waals surface area (Å²) in [5.74, 6) is 3.24. The first-order valence-corrected chi connectivity index (χ1v) is 13.0. The standard InChI is InChI=1S/C27H34N8O/c1-27(2)13-12-23-31-32-25(35(23)27)20-10-7-11-22(29-20)34-16-19-18(26(34)36)14-24(30-21(19)15-28-3)33(4)17-8-5-6-9-17/h7,10-11,14,17,28H,5-6,8-9,12-13,15-16H2,1-4H3. The molecule has 3 aliphatic rings. The van der Waals surface area contributed by atoms with Gasteiger partial charge in [0.25, 0.3) is 5.91 Å². The normalized spacial score (nSPS) is 18.7. The van der Waals surface area contributed by atoms with Gasteiger partial charge in [0.15, 0.2) is 5.82 Å². The topological polar surface area (TPSA) is 92.1 Å². The molecule has 0 unspecified atom stereocenters. The van der Waals surface area contributed by atoms with Crippen molar-refractivity contribution in [3.8, 4) is 11.5 Å². The number of carbonyl (C=O) groups is 1. The van der Waals surface area contributed by atoms with E-state index < -0.39 is 0 Å². The van der Waals surface area contributed by atoms with Crippen molar-refractivity contribution >= 4 is 17.5 Å². The average Bonchev–Trinajstić information content (AvgIpc) is 3.65. The SMILES string of the molecule is CNCc1nc(N(C)C2CCCC2)cc2c1CN(c1cccc(-c3nnc4n3C(C)(C)CC4)n1)C2=O. The lowest BCUT2D eigenvalue weighted by Gasteiger charge is -2.26. The third-order valence-corrected chi connectivity index (χ3v) is 8.10. The van der Waals surface area contributed by atoms with E-state index in [4.69, 9.17) is 9.97 Å². The van der Waals surface area contributed by atoms with E-state index in [9.17, 15) is 4.79 Å². The molecule has 9 heteroatoms. The number of hydrogen-bond donors (Lipinski definition) is 1. The first kappa shape index (κ1) is 23.1. The molecule has 6 rings (SSSR count). The molecule has 0 aromatic carbocycles. The predicted octanol–water partition coefficient (Wildman–Crippen LogP) is 3.68. The second-order valence-corrected chi connectivity index (χ2v) is 10.9. The Kier molecular flexibility index (Phi) is 5.55. The molecule has 188 valence electrons. The van der Waals surface area contributed by atoms with Crippen molar-refractivity contribution < 1.29 is 4.79 Å². The summed E-state index contributed by atoms with van der Waals surface area (Å²) in [6, 6.07) is 8.26. The maximum absolute atomic E-state index is 13.7. The van der Waals surface area contributed by atoms with Crippen LogP contribution in [0.15, 0.2) is 24.3 Å². The van der Waals surface area contributed by atoms with Crippen LogP contribution < -0.4 is 15.1 Å². The highest BCUT2D eigenvalue weighted by Crippen LogP contribution is 2.37. The first-order chi connectivity index (χ1) is 17.4. The number of aryl methyl sites for hydroxylation is 1. The summed E-state index contributed by atoms with van der Waals surface area (Å²) < 4.78 is 2.19. The third-order valence-electron chi connectivity index (χ3n) is 8.10. The van der Waals surface area contributed by atoms with E-state index in [0.717, 1.165) is 52.8 Å². The average molecular weight is 487 g/mol. The number of fused-ring (bicyclic) bond motifs is 2. The van der Waals surface area contributed by atoms with Gasteiger partial charge in [0, 0.05) is 37.2 Å². The molecule has 0 atom stereocenters. The van der Waals surface area contributed by atoms with E-state index in [1.54, 1.807) is 4.90 Å². The van der Waals surface area contributed by atoms with Crippen LogP contribution in [0.5, 0.6) is 0 Å². The van der Waals surface area contributed by atoms with Gasteiger partial charge in [0.05, 0.1) is 17.8 Å². The first-order valence-electron chi connectivity index (χ1n) is 13.0. The van der Waals surface area contributed by atoms with Gasteiger partial charge in [-0.15, -0.1) is 10.2 Å². The van der Waals surface area contributed by atoms with Crippen molar-refractivity contribution in [3.63, 3.8) is 0 Å².